The number of piperidine rings is 1. The predicted octanol–water partition coefficient (Wildman–Crippen LogP) is 26.6. The maximum absolute atomic E-state index is 13.0. The summed E-state index contributed by atoms with van der Waals surface area (Å²) in [4.78, 5) is 84.4. The van der Waals surface area contributed by atoms with Crippen molar-refractivity contribution in [1.82, 2.24) is 25.3 Å². The normalized spacial score (nSPS) is 12.4. The van der Waals surface area contributed by atoms with Crippen molar-refractivity contribution in [1.29, 1.82) is 5.26 Å². The number of hydrogen-bond acceptors (Lipinski definition) is 11. The highest BCUT2D eigenvalue weighted by Gasteiger charge is 2.21. The first-order valence-corrected chi connectivity index (χ1v) is 45.1. The Balaban J connectivity index is 0.000000133. The molecule has 3 saturated heterocycles. The lowest BCUT2D eigenvalue weighted by molar-refractivity contribution is 0.0949. The van der Waals surface area contributed by atoms with Gasteiger partial charge in [0, 0.05) is 151 Å². The van der Waals surface area contributed by atoms with Crippen LogP contribution in [-0.2, 0) is 12.8 Å². The van der Waals surface area contributed by atoms with Crippen LogP contribution in [0, 0.1) is 17.1 Å². The number of pyridine rings is 2. The third kappa shape index (κ3) is 27.6. The van der Waals surface area contributed by atoms with Crippen LogP contribution in [0.4, 0.5) is 86.4 Å². The standard InChI is InChI=1S/C24H28ClN3O.C23H21N5O.C22H21ClN4O.C19H14ClFN2O.C17H14ClN3O/c1-2-20-21-16-18(25)8-11-22(21)27-23(20)24(29)26-13-12-17-6-9-19(10-7-17)28-14-4-3-5-15-28;24-16-17-9-11-19(12-10-17)25-23(29)26-20-6-3-5-18(15-20)21-7-4-8-22(27-21)28-13-1-2-14-28;23-17-9-11-18(12-10-17)24-22(28)25-19-6-3-5-16(15-19)20-7-4-8-21(26-20)27-13-1-2-14-27;20-15-6-10-17(11-7-15)22-19(24)23-18-3-1-2-14(12-18)13-4-8-16(21)9-5-13;18-13-6-8-14(9-7-13)20-17(22)21-15-4-1-3-12(11-15)16-5-2-10-19-16/h6-11,16,27H,2-5,12-15H2,1H3,(H,26,29);3-12,15H,1-2,13-14H2,(H2,25,26,29);3-12,15H,1-2,13-14H2,(H2,24,25,28);1-12H,(H2,22,23,24);1-11,19H,(H2,20,21,22). The number of hydrogen-bond donors (Lipinski definition) is 11. The molecule has 22 nitrogen and oxygen atoms in total. The Morgan fingerprint density at radius 2 is 0.795 bits per heavy atom. The number of halogens is 5. The molecule has 0 aliphatic carbocycles. The molecule has 0 bridgehead atoms. The van der Waals surface area contributed by atoms with Crippen molar-refractivity contribution in [3.8, 4) is 51.0 Å². The van der Waals surface area contributed by atoms with Crippen molar-refractivity contribution in [2.24, 2.45) is 0 Å². The summed E-state index contributed by atoms with van der Waals surface area (Å²) in [7, 11) is 0. The van der Waals surface area contributed by atoms with Gasteiger partial charge in [0.2, 0.25) is 0 Å². The van der Waals surface area contributed by atoms with Crippen molar-refractivity contribution in [2.75, 3.05) is 103 Å². The van der Waals surface area contributed by atoms with E-state index in [0.29, 0.717) is 77.7 Å². The molecular formula is C105H98Cl4FN17O5. The van der Waals surface area contributed by atoms with Crippen LogP contribution in [-0.4, -0.2) is 95.8 Å². The van der Waals surface area contributed by atoms with Gasteiger partial charge in [0.15, 0.2) is 0 Å². The summed E-state index contributed by atoms with van der Waals surface area (Å²) in [5, 5.41) is 37.8. The van der Waals surface area contributed by atoms with E-state index in [1.807, 2.05) is 158 Å². The van der Waals surface area contributed by atoms with Crippen LogP contribution in [0.5, 0.6) is 0 Å². The molecular weight excluding hydrogens is 1740 g/mol. The van der Waals surface area contributed by atoms with Crippen LogP contribution in [0.1, 0.15) is 79.0 Å². The van der Waals surface area contributed by atoms with Crippen molar-refractivity contribution in [3.05, 3.63) is 364 Å². The highest BCUT2D eigenvalue weighted by Crippen LogP contribution is 2.33. The van der Waals surface area contributed by atoms with Gasteiger partial charge in [-0.3, -0.25) is 4.79 Å². The number of aromatic nitrogens is 4. The number of H-pyrrole nitrogens is 2. The molecule has 7 heterocycles. The minimum Gasteiger partial charge on any atom is -0.372 e. The number of fused-ring (bicyclic) bond motifs is 1. The molecule has 15 aromatic rings. The summed E-state index contributed by atoms with van der Waals surface area (Å²) in [6, 6.07) is 95.2. The number of nitrogens with one attached hydrogen (secondary N) is 11. The monoisotopic (exact) mass is 1840 g/mol. The van der Waals surface area contributed by atoms with E-state index in [1.54, 1.807) is 115 Å². The Labute approximate surface area is 786 Å². The Kier molecular flexibility index (Phi) is 33.1. The van der Waals surface area contributed by atoms with Gasteiger partial charge in [0.25, 0.3) is 5.91 Å². The lowest BCUT2D eigenvalue weighted by Crippen LogP contribution is -2.29. The number of urea groups is 4. The predicted molar refractivity (Wildman–Crippen MR) is 538 cm³/mol. The molecule has 3 fully saturated rings. The van der Waals surface area contributed by atoms with Crippen LogP contribution >= 0.6 is 46.4 Å². The molecule has 18 rings (SSSR count). The highest BCUT2D eigenvalue weighted by molar-refractivity contribution is 6.32. The lowest BCUT2D eigenvalue weighted by atomic mass is 10.1. The molecule has 668 valence electrons. The third-order valence-corrected chi connectivity index (χ3v) is 22.9. The van der Waals surface area contributed by atoms with E-state index < -0.39 is 0 Å². The number of amides is 9. The second-order valence-corrected chi connectivity index (χ2v) is 33.1. The first kappa shape index (κ1) is 93.2. The van der Waals surface area contributed by atoms with Gasteiger partial charge < -0.3 is 72.5 Å². The number of benzene rings is 11. The molecule has 4 aromatic heterocycles. The van der Waals surface area contributed by atoms with Crippen molar-refractivity contribution >= 4 is 150 Å². The lowest BCUT2D eigenvalue weighted by Gasteiger charge is -2.28. The van der Waals surface area contributed by atoms with Crippen LogP contribution in [0.15, 0.2) is 316 Å². The molecule has 0 saturated carbocycles. The number of rotatable bonds is 20. The summed E-state index contributed by atoms with van der Waals surface area (Å²) >= 11 is 23.6. The van der Waals surface area contributed by atoms with Crippen molar-refractivity contribution in [3.63, 3.8) is 0 Å². The smallest absolute Gasteiger partial charge is 0.323 e. The number of aromatic amines is 2. The summed E-state index contributed by atoms with van der Waals surface area (Å²) < 4.78 is 13.0. The van der Waals surface area contributed by atoms with Gasteiger partial charge in [0.05, 0.1) is 23.0 Å². The van der Waals surface area contributed by atoms with E-state index in [9.17, 15) is 28.4 Å². The van der Waals surface area contributed by atoms with Crippen LogP contribution in [0.3, 0.4) is 0 Å². The average Bonchev–Trinajstić information content (AvgIpc) is 1.64. The SMILES string of the molecule is CCc1c(C(=O)NCCc2ccc(N3CCCCC3)cc2)[nH]c2ccc(Cl)cc12.N#Cc1ccc(NC(=O)Nc2cccc(-c3cccc(N4CCCC4)n3)c2)cc1.O=C(Nc1ccc(Cl)cc1)Nc1cccc(-c2ccc(F)cc2)c1.O=C(Nc1ccc(Cl)cc1)Nc1cccc(-c2ccc[nH]2)c1.O=C(Nc1ccc(Cl)cc1)Nc1cccc(-c2cccc(N3CCCC3)n2)c1. The van der Waals surface area contributed by atoms with E-state index in [0.717, 1.165) is 131 Å². The molecule has 9 amide bonds. The van der Waals surface area contributed by atoms with Gasteiger partial charge >= 0.3 is 24.1 Å². The van der Waals surface area contributed by atoms with Crippen molar-refractivity contribution < 1.29 is 28.4 Å². The third-order valence-electron chi connectivity index (χ3n) is 21.9. The summed E-state index contributed by atoms with van der Waals surface area (Å²) in [6.45, 7) is 9.20. The Morgan fingerprint density at radius 1 is 0.394 bits per heavy atom. The maximum Gasteiger partial charge on any atom is 0.323 e. The maximum atomic E-state index is 13.0. The molecule has 0 atom stereocenters. The summed E-state index contributed by atoms with van der Waals surface area (Å²) in [6.07, 6.45) is 12.2. The van der Waals surface area contributed by atoms with Crippen molar-refractivity contribution in [2.45, 2.75) is 64.7 Å². The van der Waals surface area contributed by atoms with E-state index in [2.05, 4.69) is 116 Å². The fraction of sp³-hybridized carbons (Fsp3) is 0.162. The zero-order valence-electron chi connectivity index (χ0n) is 72.5. The second kappa shape index (κ2) is 46.9. The second-order valence-electron chi connectivity index (χ2n) is 31.3. The van der Waals surface area contributed by atoms with E-state index in [-0.39, 0.29) is 35.8 Å². The zero-order chi connectivity index (χ0) is 91.9. The first-order valence-electron chi connectivity index (χ1n) is 43.6. The van der Waals surface area contributed by atoms with Gasteiger partial charge in [0.1, 0.15) is 23.1 Å². The topological polar surface area (TPSA) is 284 Å². The Bertz CT molecular complexity index is 6430. The number of nitriles is 1. The summed E-state index contributed by atoms with van der Waals surface area (Å²) in [5.74, 6) is 1.67. The summed E-state index contributed by atoms with van der Waals surface area (Å²) in [5.41, 5.74) is 18.5. The molecule has 11 aromatic carbocycles. The number of anilines is 11. The molecule has 27 heteroatoms. The van der Waals surface area contributed by atoms with E-state index in [4.69, 9.17) is 61.6 Å². The molecule has 0 spiro atoms. The largest absolute Gasteiger partial charge is 0.372 e. The van der Waals surface area contributed by atoms with Gasteiger partial charge in [-0.1, -0.05) is 138 Å². The highest BCUT2D eigenvalue weighted by atomic mass is 35.5. The fourth-order valence-electron chi connectivity index (χ4n) is 15.2. The molecule has 3 aliphatic rings. The van der Waals surface area contributed by atoms with Gasteiger partial charge in [-0.05, 0) is 310 Å². The molecule has 11 N–H and O–H groups in total. The molecule has 3 aliphatic heterocycles. The van der Waals surface area contributed by atoms with Gasteiger partial charge in [-0.25, -0.2) is 33.5 Å². The first-order chi connectivity index (χ1) is 64.3. The average molecular weight is 1840 g/mol. The van der Waals surface area contributed by atoms with Crippen LogP contribution in [0.2, 0.25) is 20.1 Å². The van der Waals surface area contributed by atoms with Crippen LogP contribution in [0.25, 0.3) is 55.8 Å². The number of carbonyl (C=O) groups excluding carboxylic acids is 5. The quantitative estimate of drug-likeness (QED) is 0.0341. The number of nitrogens with zero attached hydrogens (tertiary/aromatic N) is 6. The minimum atomic E-state index is -0.353. The van der Waals surface area contributed by atoms with Gasteiger partial charge in [-0.15, -0.1) is 0 Å². The fourth-order valence-corrected chi connectivity index (χ4v) is 15.8. The zero-order valence-corrected chi connectivity index (χ0v) is 75.5. The molecule has 0 unspecified atom stereocenters. The minimum absolute atomic E-state index is 0.0564. The number of aryl methyl sites for hydroxylation is 1. The number of carbonyl (C=O) groups is 5. The van der Waals surface area contributed by atoms with E-state index >= 15 is 0 Å². The Morgan fingerprint density at radius 3 is 1.24 bits per heavy atom. The Hall–Kier alpha value is -14.9. The van der Waals surface area contributed by atoms with Gasteiger partial charge in [-0.2, -0.15) is 5.26 Å². The molecule has 0 radical (unpaired) electrons. The van der Waals surface area contributed by atoms with Crippen LogP contribution < -0.4 is 62.6 Å². The molecule has 132 heavy (non-hydrogen) atoms. The van der Waals surface area contributed by atoms with E-state index in [1.165, 1.54) is 68.3 Å².